The summed E-state index contributed by atoms with van der Waals surface area (Å²) in [6, 6.07) is 9.96. The molecule has 0 N–H and O–H groups in total. The molecule has 1 aromatic rings. The Hall–Kier alpha value is -1.07. The summed E-state index contributed by atoms with van der Waals surface area (Å²) in [4.78, 5) is 0. The van der Waals surface area contributed by atoms with Crippen molar-refractivity contribution >= 4 is 22.6 Å². The Bertz CT molecular complexity index is 450. The lowest BCUT2D eigenvalue weighted by atomic mass is 9.87. The maximum absolute atomic E-state index is 8.94. The van der Waals surface area contributed by atoms with Crippen LogP contribution >= 0.6 is 22.6 Å². The van der Waals surface area contributed by atoms with Crippen LogP contribution in [0.5, 0.6) is 0 Å². The maximum Gasteiger partial charge on any atom is 0.0991 e. The van der Waals surface area contributed by atoms with Crippen molar-refractivity contribution in [2.45, 2.75) is 20.3 Å². The van der Waals surface area contributed by atoms with Crippen LogP contribution in [0.2, 0.25) is 0 Å². The highest BCUT2D eigenvalue weighted by atomic mass is 127. The van der Waals surface area contributed by atoms with Gasteiger partial charge >= 0.3 is 0 Å². The Balaban J connectivity index is 3.00. The lowest BCUT2D eigenvalue weighted by Gasteiger charge is -2.16. The third-order valence-electron chi connectivity index (χ3n) is 2.12. The molecule has 0 aliphatic rings. The third-order valence-corrected chi connectivity index (χ3v) is 3.12. The van der Waals surface area contributed by atoms with Crippen molar-refractivity contribution in [1.82, 2.24) is 0 Å². The summed E-state index contributed by atoms with van der Waals surface area (Å²) in [7, 11) is 0. The van der Waals surface area contributed by atoms with Crippen LogP contribution in [0, 0.1) is 31.6 Å². The second-order valence-corrected chi connectivity index (χ2v) is 5.25. The molecule has 0 unspecified atom stereocenters. The van der Waals surface area contributed by atoms with Gasteiger partial charge in [-0.15, -0.1) is 0 Å². The van der Waals surface area contributed by atoms with Gasteiger partial charge in [0.15, 0.2) is 0 Å². The van der Waals surface area contributed by atoms with Gasteiger partial charge in [0.25, 0.3) is 0 Å². The Labute approximate surface area is 104 Å². The minimum Gasteiger partial charge on any atom is -0.198 e. The second-order valence-electron chi connectivity index (χ2n) is 4.09. The molecule has 0 radical (unpaired) electrons. The fourth-order valence-corrected chi connectivity index (χ4v) is 1.98. The van der Waals surface area contributed by atoms with E-state index in [-0.39, 0.29) is 5.41 Å². The summed E-state index contributed by atoms with van der Waals surface area (Å²) < 4.78 is 1.05. The SMILES string of the molecule is CC(C)(C#N)Cc1ccc(C#N)cc1I. The first kappa shape index (κ1) is 12.0. The van der Waals surface area contributed by atoms with Gasteiger partial charge in [0.2, 0.25) is 0 Å². The highest BCUT2D eigenvalue weighted by Crippen LogP contribution is 2.24. The van der Waals surface area contributed by atoms with Crippen molar-refractivity contribution in [2.24, 2.45) is 5.41 Å². The number of benzene rings is 1. The van der Waals surface area contributed by atoms with Crippen LogP contribution in [0.4, 0.5) is 0 Å². The summed E-state index contributed by atoms with van der Waals surface area (Å²) in [5, 5.41) is 17.7. The van der Waals surface area contributed by atoms with Crippen LogP contribution in [-0.2, 0) is 6.42 Å². The summed E-state index contributed by atoms with van der Waals surface area (Å²) in [5.74, 6) is 0. The van der Waals surface area contributed by atoms with E-state index in [9.17, 15) is 0 Å². The van der Waals surface area contributed by atoms with Crippen LogP contribution < -0.4 is 0 Å². The highest BCUT2D eigenvalue weighted by molar-refractivity contribution is 14.1. The van der Waals surface area contributed by atoms with Crippen molar-refractivity contribution in [2.75, 3.05) is 0 Å². The van der Waals surface area contributed by atoms with Gasteiger partial charge in [-0.1, -0.05) is 6.07 Å². The molecule has 0 spiro atoms. The Morgan fingerprint density at radius 3 is 2.47 bits per heavy atom. The molecule has 0 fully saturated rings. The summed E-state index contributed by atoms with van der Waals surface area (Å²) in [6.07, 6.45) is 0.716. The third kappa shape index (κ3) is 3.21. The number of hydrogen-bond acceptors (Lipinski definition) is 2. The van der Waals surface area contributed by atoms with Crippen molar-refractivity contribution < 1.29 is 0 Å². The molecule has 0 atom stereocenters. The molecule has 0 saturated carbocycles. The van der Waals surface area contributed by atoms with Crippen LogP contribution in [0.15, 0.2) is 18.2 Å². The molecule has 76 valence electrons. The van der Waals surface area contributed by atoms with Crippen molar-refractivity contribution in [3.63, 3.8) is 0 Å². The first-order valence-corrected chi connectivity index (χ1v) is 5.66. The molecule has 0 aliphatic carbocycles. The van der Waals surface area contributed by atoms with E-state index < -0.39 is 0 Å². The molecule has 15 heavy (non-hydrogen) atoms. The number of halogens is 1. The average molecular weight is 310 g/mol. The molecule has 0 amide bonds. The Kier molecular flexibility index (Phi) is 3.71. The van der Waals surface area contributed by atoms with Crippen molar-refractivity contribution in [3.05, 3.63) is 32.9 Å². The van der Waals surface area contributed by atoms with Gasteiger partial charge in [-0.05, 0) is 60.6 Å². The Morgan fingerprint density at radius 2 is 2.00 bits per heavy atom. The monoisotopic (exact) mass is 310 g/mol. The molecule has 1 aromatic carbocycles. The van der Waals surface area contributed by atoms with Gasteiger partial charge in [0.1, 0.15) is 0 Å². The van der Waals surface area contributed by atoms with Gasteiger partial charge in [-0.25, -0.2) is 0 Å². The Morgan fingerprint density at radius 1 is 1.33 bits per heavy atom. The molecule has 0 heterocycles. The molecule has 0 aliphatic heterocycles. The van der Waals surface area contributed by atoms with E-state index in [0.717, 1.165) is 9.13 Å². The van der Waals surface area contributed by atoms with Gasteiger partial charge in [0.05, 0.1) is 23.1 Å². The number of nitrogens with zero attached hydrogens (tertiary/aromatic N) is 2. The molecule has 2 nitrogen and oxygen atoms in total. The molecule has 0 bridgehead atoms. The van der Waals surface area contributed by atoms with Gasteiger partial charge in [0, 0.05) is 3.57 Å². The molecule has 1 rings (SSSR count). The van der Waals surface area contributed by atoms with Crippen molar-refractivity contribution in [3.8, 4) is 12.1 Å². The lowest BCUT2D eigenvalue weighted by molar-refractivity contribution is 0.492. The number of nitriles is 2. The minimum atomic E-state index is -0.353. The van der Waals surface area contributed by atoms with Crippen LogP contribution in [0.1, 0.15) is 25.0 Å². The quantitative estimate of drug-likeness (QED) is 0.787. The van der Waals surface area contributed by atoms with E-state index >= 15 is 0 Å². The second kappa shape index (κ2) is 4.63. The normalized spacial score (nSPS) is 10.5. The van der Waals surface area contributed by atoms with Crippen LogP contribution in [0.25, 0.3) is 0 Å². The van der Waals surface area contributed by atoms with E-state index in [1.165, 1.54) is 0 Å². The van der Waals surface area contributed by atoms with E-state index in [0.29, 0.717) is 12.0 Å². The van der Waals surface area contributed by atoms with E-state index in [2.05, 4.69) is 34.7 Å². The molecule has 0 aromatic heterocycles. The summed E-state index contributed by atoms with van der Waals surface area (Å²) >= 11 is 2.21. The van der Waals surface area contributed by atoms with E-state index in [1.54, 1.807) is 6.07 Å². The zero-order chi connectivity index (χ0) is 11.5. The first-order valence-electron chi connectivity index (χ1n) is 4.58. The largest absolute Gasteiger partial charge is 0.198 e. The highest BCUT2D eigenvalue weighted by Gasteiger charge is 2.18. The zero-order valence-corrected chi connectivity index (χ0v) is 10.9. The van der Waals surface area contributed by atoms with Crippen LogP contribution in [0.3, 0.4) is 0 Å². The maximum atomic E-state index is 8.94. The predicted molar refractivity (Wildman–Crippen MR) is 67.0 cm³/mol. The van der Waals surface area contributed by atoms with Crippen molar-refractivity contribution in [1.29, 1.82) is 10.5 Å². The molecule has 0 saturated heterocycles. The molecular formula is C12H11IN2. The summed E-state index contributed by atoms with van der Waals surface area (Å²) in [6.45, 7) is 3.84. The predicted octanol–water partition coefficient (Wildman–Crippen LogP) is 3.26. The first-order chi connectivity index (χ1) is 6.98. The summed E-state index contributed by atoms with van der Waals surface area (Å²) in [5.41, 5.74) is 1.44. The van der Waals surface area contributed by atoms with Crippen LogP contribution in [-0.4, -0.2) is 0 Å². The fourth-order valence-electron chi connectivity index (χ4n) is 1.28. The molecule has 3 heteroatoms. The molecular weight excluding hydrogens is 299 g/mol. The van der Waals surface area contributed by atoms with Gasteiger partial charge in [-0.2, -0.15) is 10.5 Å². The number of hydrogen-bond donors (Lipinski definition) is 0. The average Bonchev–Trinajstić information content (AvgIpc) is 2.21. The van der Waals surface area contributed by atoms with Gasteiger partial charge in [-0.3, -0.25) is 0 Å². The smallest absolute Gasteiger partial charge is 0.0991 e. The fraction of sp³-hybridized carbons (Fsp3) is 0.333. The zero-order valence-electron chi connectivity index (χ0n) is 8.71. The van der Waals surface area contributed by atoms with Gasteiger partial charge < -0.3 is 0 Å². The lowest BCUT2D eigenvalue weighted by Crippen LogP contribution is -2.12. The standard InChI is InChI=1S/C12H11IN2/c1-12(2,8-15)6-10-4-3-9(7-14)5-11(10)13/h3-5H,6H2,1-2H3. The van der Waals surface area contributed by atoms with E-state index in [4.69, 9.17) is 10.5 Å². The number of rotatable bonds is 2. The van der Waals surface area contributed by atoms with E-state index in [1.807, 2.05) is 26.0 Å². The minimum absolute atomic E-state index is 0.353. The topological polar surface area (TPSA) is 47.6 Å².